The average molecular weight is 383 g/mol. The van der Waals surface area contributed by atoms with Gasteiger partial charge in [0.2, 0.25) is 5.91 Å². The molecule has 6 heteroatoms. The molecule has 0 heterocycles. The molecule has 3 rings (SSSR count). The normalized spacial score (nSPS) is 18.8. The van der Waals surface area contributed by atoms with E-state index in [0.717, 1.165) is 6.42 Å². The van der Waals surface area contributed by atoms with Crippen LogP contribution in [0.25, 0.3) is 0 Å². The van der Waals surface area contributed by atoms with Crippen LogP contribution in [-0.4, -0.2) is 31.2 Å². The third-order valence-electron chi connectivity index (χ3n) is 5.22. The Balaban J connectivity index is 1.76. The van der Waals surface area contributed by atoms with Crippen LogP contribution in [0.2, 0.25) is 0 Å². The molecule has 2 aromatic carbocycles. The first-order valence-corrected chi connectivity index (χ1v) is 9.24. The van der Waals surface area contributed by atoms with Crippen LogP contribution >= 0.6 is 0 Å². The standard InChI is InChI=1S/C22H25NO5/c1-13-6-4-5-7-15(13)16-11-17(16)22(26)23-18(12-21(24)25)14-8-9-19(27-2)20(10-14)28-3/h4-10,16-18H,11-12H2,1-3H3,(H,23,26)(H,24,25). The Morgan fingerprint density at radius 3 is 2.50 bits per heavy atom. The first-order chi connectivity index (χ1) is 13.4. The van der Waals surface area contributed by atoms with E-state index in [4.69, 9.17) is 9.47 Å². The van der Waals surface area contributed by atoms with Crippen LogP contribution in [0.15, 0.2) is 42.5 Å². The summed E-state index contributed by atoms with van der Waals surface area (Å²) in [6, 6.07) is 12.6. The molecule has 3 unspecified atom stereocenters. The van der Waals surface area contributed by atoms with Gasteiger partial charge in [-0.1, -0.05) is 30.3 Å². The van der Waals surface area contributed by atoms with Crippen molar-refractivity contribution in [1.29, 1.82) is 0 Å². The van der Waals surface area contributed by atoms with E-state index in [2.05, 4.69) is 11.4 Å². The van der Waals surface area contributed by atoms with Gasteiger partial charge in [0.15, 0.2) is 11.5 Å². The molecule has 0 spiro atoms. The zero-order valence-electron chi connectivity index (χ0n) is 16.3. The van der Waals surface area contributed by atoms with Crippen molar-refractivity contribution < 1.29 is 24.2 Å². The fourth-order valence-corrected chi connectivity index (χ4v) is 3.61. The largest absolute Gasteiger partial charge is 0.493 e. The number of ether oxygens (including phenoxy) is 2. The van der Waals surface area contributed by atoms with E-state index in [1.807, 2.05) is 25.1 Å². The fraction of sp³-hybridized carbons (Fsp3) is 0.364. The Kier molecular flexibility index (Phi) is 5.87. The van der Waals surface area contributed by atoms with Crippen LogP contribution < -0.4 is 14.8 Å². The van der Waals surface area contributed by atoms with Crippen molar-refractivity contribution in [3.8, 4) is 11.5 Å². The minimum absolute atomic E-state index is 0.116. The van der Waals surface area contributed by atoms with Crippen LogP contribution in [0.4, 0.5) is 0 Å². The van der Waals surface area contributed by atoms with Crippen molar-refractivity contribution in [2.24, 2.45) is 5.92 Å². The average Bonchev–Trinajstić information content (AvgIpc) is 3.47. The fourth-order valence-electron chi connectivity index (χ4n) is 3.61. The van der Waals surface area contributed by atoms with E-state index in [-0.39, 0.29) is 24.2 Å². The molecular formula is C22H25NO5. The van der Waals surface area contributed by atoms with Gasteiger partial charge in [0.25, 0.3) is 0 Å². The van der Waals surface area contributed by atoms with Crippen molar-refractivity contribution in [1.82, 2.24) is 5.32 Å². The van der Waals surface area contributed by atoms with Gasteiger partial charge in [-0.3, -0.25) is 9.59 Å². The summed E-state index contributed by atoms with van der Waals surface area (Å²) in [5, 5.41) is 12.2. The van der Waals surface area contributed by atoms with Crippen LogP contribution in [-0.2, 0) is 9.59 Å². The van der Waals surface area contributed by atoms with Gasteiger partial charge in [-0.25, -0.2) is 0 Å². The van der Waals surface area contributed by atoms with Gasteiger partial charge < -0.3 is 19.9 Å². The maximum absolute atomic E-state index is 12.8. The molecule has 0 radical (unpaired) electrons. The molecule has 0 bridgehead atoms. The maximum Gasteiger partial charge on any atom is 0.305 e. The molecule has 1 aliphatic carbocycles. The molecule has 2 aromatic rings. The summed E-state index contributed by atoms with van der Waals surface area (Å²) in [6.07, 6.45) is 0.575. The molecule has 0 aliphatic heterocycles. The lowest BCUT2D eigenvalue weighted by molar-refractivity contribution is -0.137. The zero-order valence-corrected chi connectivity index (χ0v) is 16.3. The summed E-state index contributed by atoms with van der Waals surface area (Å²) in [6.45, 7) is 2.04. The van der Waals surface area contributed by atoms with Crippen molar-refractivity contribution >= 4 is 11.9 Å². The van der Waals surface area contributed by atoms with Gasteiger partial charge >= 0.3 is 5.97 Å². The van der Waals surface area contributed by atoms with Gasteiger partial charge in [-0.15, -0.1) is 0 Å². The number of rotatable bonds is 8. The highest BCUT2D eigenvalue weighted by Crippen LogP contribution is 2.48. The predicted molar refractivity (Wildman–Crippen MR) is 105 cm³/mol. The summed E-state index contributed by atoms with van der Waals surface area (Å²) in [4.78, 5) is 24.1. The molecule has 6 nitrogen and oxygen atoms in total. The Morgan fingerprint density at radius 2 is 1.86 bits per heavy atom. The lowest BCUT2D eigenvalue weighted by atomic mass is 10.0. The van der Waals surface area contributed by atoms with E-state index >= 15 is 0 Å². The molecule has 0 aromatic heterocycles. The predicted octanol–water partition coefficient (Wildman–Crippen LogP) is 3.45. The van der Waals surface area contributed by atoms with Crippen molar-refractivity contribution in [3.05, 3.63) is 59.2 Å². The topological polar surface area (TPSA) is 84.9 Å². The minimum atomic E-state index is -0.980. The summed E-state index contributed by atoms with van der Waals surface area (Å²) in [5.74, 6) is 0.0116. The number of nitrogens with one attached hydrogen (secondary N) is 1. The quantitative estimate of drug-likeness (QED) is 0.729. The summed E-state index contributed by atoms with van der Waals surface area (Å²) >= 11 is 0. The summed E-state index contributed by atoms with van der Waals surface area (Å²) in [7, 11) is 3.05. The number of hydrogen-bond acceptors (Lipinski definition) is 4. The van der Waals surface area contributed by atoms with Crippen LogP contribution in [0.5, 0.6) is 11.5 Å². The number of carboxylic acids is 1. The van der Waals surface area contributed by atoms with Crippen LogP contribution in [0.1, 0.15) is 41.5 Å². The van der Waals surface area contributed by atoms with Gasteiger partial charge in [-0.2, -0.15) is 0 Å². The minimum Gasteiger partial charge on any atom is -0.493 e. The molecule has 1 fully saturated rings. The van der Waals surface area contributed by atoms with Crippen molar-refractivity contribution in [2.45, 2.75) is 31.7 Å². The smallest absolute Gasteiger partial charge is 0.305 e. The van der Waals surface area contributed by atoms with Gasteiger partial charge in [-0.05, 0) is 48.1 Å². The number of benzene rings is 2. The van der Waals surface area contributed by atoms with Gasteiger partial charge in [0, 0.05) is 5.92 Å². The third kappa shape index (κ3) is 4.27. The van der Waals surface area contributed by atoms with Gasteiger partial charge in [0.1, 0.15) is 0 Å². The Hall–Kier alpha value is -3.02. The second-order valence-electron chi connectivity index (χ2n) is 7.08. The Bertz CT molecular complexity index is 879. The number of carbonyl (C=O) groups excluding carboxylic acids is 1. The number of amides is 1. The number of carboxylic acid groups (broad SMARTS) is 1. The van der Waals surface area contributed by atoms with E-state index in [9.17, 15) is 14.7 Å². The SMILES string of the molecule is COc1ccc(C(CC(=O)O)NC(=O)C2CC2c2ccccc2C)cc1OC. The number of methoxy groups -OCH3 is 2. The molecule has 3 atom stereocenters. The zero-order chi connectivity index (χ0) is 20.3. The molecule has 1 amide bonds. The first-order valence-electron chi connectivity index (χ1n) is 9.24. The van der Waals surface area contributed by atoms with E-state index < -0.39 is 12.0 Å². The highest BCUT2D eigenvalue weighted by molar-refractivity contribution is 5.84. The van der Waals surface area contributed by atoms with E-state index in [0.29, 0.717) is 17.1 Å². The molecule has 1 saturated carbocycles. The monoisotopic (exact) mass is 383 g/mol. The first kappa shape index (κ1) is 19.7. The van der Waals surface area contributed by atoms with Crippen molar-refractivity contribution in [3.63, 3.8) is 0 Å². The lowest BCUT2D eigenvalue weighted by Crippen LogP contribution is -2.31. The van der Waals surface area contributed by atoms with Crippen LogP contribution in [0, 0.1) is 12.8 Å². The number of hydrogen-bond donors (Lipinski definition) is 2. The van der Waals surface area contributed by atoms with Gasteiger partial charge in [0.05, 0.1) is 26.7 Å². The number of carbonyl (C=O) groups is 2. The molecule has 0 saturated heterocycles. The second kappa shape index (κ2) is 8.33. The molecule has 2 N–H and O–H groups in total. The van der Waals surface area contributed by atoms with E-state index in [1.165, 1.54) is 25.3 Å². The Labute approximate surface area is 164 Å². The molecule has 28 heavy (non-hydrogen) atoms. The van der Waals surface area contributed by atoms with Crippen LogP contribution in [0.3, 0.4) is 0 Å². The van der Waals surface area contributed by atoms with E-state index in [1.54, 1.807) is 18.2 Å². The van der Waals surface area contributed by atoms with Crippen molar-refractivity contribution in [2.75, 3.05) is 14.2 Å². The second-order valence-corrected chi connectivity index (χ2v) is 7.08. The maximum atomic E-state index is 12.8. The molecule has 148 valence electrons. The number of aryl methyl sites for hydroxylation is 1. The summed E-state index contributed by atoms with van der Waals surface area (Å²) in [5.41, 5.74) is 3.02. The molecule has 1 aliphatic rings. The third-order valence-corrected chi connectivity index (χ3v) is 5.22. The molecular weight excluding hydrogens is 358 g/mol. The highest BCUT2D eigenvalue weighted by atomic mass is 16.5. The lowest BCUT2D eigenvalue weighted by Gasteiger charge is -2.19. The number of aliphatic carboxylic acids is 1. The summed E-state index contributed by atoms with van der Waals surface area (Å²) < 4.78 is 10.5. The highest BCUT2D eigenvalue weighted by Gasteiger charge is 2.45. The Morgan fingerprint density at radius 1 is 1.14 bits per heavy atom.